The molecule has 1 aromatic carbocycles. The summed E-state index contributed by atoms with van der Waals surface area (Å²) in [6.45, 7) is 1.70. The number of nitrogens with two attached hydrogens (primary N) is 1. The number of nitro benzene ring substituents is 1. The molecule has 0 aliphatic rings. The van der Waals surface area contributed by atoms with Crippen LogP contribution in [-0.4, -0.2) is 28.8 Å². The zero-order valence-corrected chi connectivity index (χ0v) is 12.2. The molecule has 0 saturated heterocycles. The van der Waals surface area contributed by atoms with Gasteiger partial charge in [-0.15, -0.1) is 0 Å². The molecule has 1 unspecified atom stereocenters. The van der Waals surface area contributed by atoms with Crippen molar-refractivity contribution in [2.45, 2.75) is 19.4 Å². The van der Waals surface area contributed by atoms with Crippen LogP contribution in [0.25, 0.3) is 0 Å². The number of carbonyl (C=O) groups excluding carboxylic acids is 1. The van der Waals surface area contributed by atoms with Crippen molar-refractivity contribution in [1.29, 1.82) is 5.26 Å². The smallest absolute Gasteiger partial charge is 0.295 e. The molecule has 1 rings (SSSR count). The lowest BCUT2D eigenvalue weighted by molar-refractivity contribution is -0.384. The number of hydrazine groups is 1. The Bertz CT molecular complexity index is 614. The van der Waals surface area contributed by atoms with Crippen molar-refractivity contribution < 1.29 is 9.72 Å². The monoisotopic (exact) mass is 311 g/mol. The van der Waals surface area contributed by atoms with Crippen molar-refractivity contribution in [3.05, 3.63) is 32.8 Å². The van der Waals surface area contributed by atoms with Crippen LogP contribution in [0, 0.1) is 21.4 Å². The molecule has 9 heteroatoms. The normalized spacial score (nSPS) is 11.4. The molecule has 1 atom stereocenters. The first kappa shape index (κ1) is 16.7. The number of nitrogens with zero attached hydrogens (tertiary/aromatic N) is 3. The van der Waals surface area contributed by atoms with Crippen LogP contribution < -0.4 is 11.3 Å². The Morgan fingerprint density at radius 3 is 2.76 bits per heavy atom. The van der Waals surface area contributed by atoms with E-state index < -0.39 is 16.5 Å². The largest absolute Gasteiger partial charge is 0.338 e. The van der Waals surface area contributed by atoms with E-state index in [1.165, 1.54) is 18.0 Å². The highest BCUT2D eigenvalue weighted by atomic mass is 35.5. The van der Waals surface area contributed by atoms with Gasteiger partial charge >= 0.3 is 0 Å². The second-order valence-electron chi connectivity index (χ2n) is 4.38. The minimum absolute atomic E-state index is 0.0311. The third kappa shape index (κ3) is 3.59. The molecule has 0 bridgehead atoms. The number of anilines is 1. The summed E-state index contributed by atoms with van der Waals surface area (Å²) in [5.74, 6) is 4.73. The summed E-state index contributed by atoms with van der Waals surface area (Å²) in [5.41, 5.74) is 1.74. The minimum Gasteiger partial charge on any atom is -0.338 e. The van der Waals surface area contributed by atoms with Crippen LogP contribution in [0.15, 0.2) is 12.1 Å². The molecule has 0 aliphatic heterocycles. The molecule has 0 fully saturated rings. The molecule has 1 aromatic rings. The average molecular weight is 312 g/mol. The number of rotatable bonds is 5. The summed E-state index contributed by atoms with van der Waals surface area (Å²) in [6.07, 6.45) is 0.153. The topological polar surface area (TPSA) is 125 Å². The number of hydrogen-bond acceptors (Lipinski definition) is 6. The summed E-state index contributed by atoms with van der Waals surface area (Å²) in [7, 11) is 1.51. The van der Waals surface area contributed by atoms with Crippen LogP contribution in [0.3, 0.4) is 0 Å². The van der Waals surface area contributed by atoms with Crippen molar-refractivity contribution in [2.24, 2.45) is 5.84 Å². The number of halogens is 1. The number of benzene rings is 1. The highest BCUT2D eigenvalue weighted by Crippen LogP contribution is 2.33. The maximum atomic E-state index is 12.3. The molecule has 112 valence electrons. The van der Waals surface area contributed by atoms with E-state index >= 15 is 0 Å². The zero-order valence-electron chi connectivity index (χ0n) is 11.5. The SMILES string of the molecule is CC(CC#N)N(C)C(=O)c1cc(Cl)c(NN)c([N+](=O)[O-])c1. The van der Waals surface area contributed by atoms with Gasteiger partial charge in [0.2, 0.25) is 0 Å². The molecule has 0 aliphatic carbocycles. The fraction of sp³-hybridized carbons (Fsp3) is 0.333. The van der Waals surface area contributed by atoms with Gasteiger partial charge in [0.05, 0.1) is 22.4 Å². The fourth-order valence-corrected chi connectivity index (χ4v) is 1.94. The van der Waals surface area contributed by atoms with E-state index in [-0.39, 0.29) is 28.7 Å². The van der Waals surface area contributed by atoms with E-state index in [4.69, 9.17) is 22.7 Å². The average Bonchev–Trinajstić information content (AvgIpc) is 2.44. The number of amides is 1. The molecule has 0 saturated carbocycles. The summed E-state index contributed by atoms with van der Waals surface area (Å²) < 4.78 is 0. The maximum Gasteiger partial charge on any atom is 0.295 e. The number of hydrogen-bond donors (Lipinski definition) is 2. The molecular weight excluding hydrogens is 298 g/mol. The molecule has 0 heterocycles. The Hall–Kier alpha value is -2.37. The highest BCUT2D eigenvalue weighted by Gasteiger charge is 2.24. The van der Waals surface area contributed by atoms with Crippen molar-refractivity contribution in [2.75, 3.05) is 12.5 Å². The van der Waals surface area contributed by atoms with Gasteiger partial charge in [-0.25, -0.2) is 0 Å². The van der Waals surface area contributed by atoms with E-state index in [9.17, 15) is 14.9 Å². The lowest BCUT2D eigenvalue weighted by atomic mass is 10.1. The van der Waals surface area contributed by atoms with E-state index in [1.54, 1.807) is 6.92 Å². The van der Waals surface area contributed by atoms with Crippen LogP contribution >= 0.6 is 11.6 Å². The second-order valence-corrected chi connectivity index (χ2v) is 4.79. The standard InChI is InChI=1S/C12H14ClN5O3/c1-7(3-4-14)17(2)12(19)8-5-9(13)11(16-15)10(6-8)18(20)21/h5-7,16H,3,15H2,1-2H3. The molecule has 0 radical (unpaired) electrons. The van der Waals surface area contributed by atoms with Crippen molar-refractivity contribution in [1.82, 2.24) is 4.90 Å². The first-order valence-corrected chi connectivity index (χ1v) is 6.29. The van der Waals surface area contributed by atoms with Gasteiger partial charge in [-0.3, -0.25) is 20.8 Å². The Labute approximate surface area is 126 Å². The molecular formula is C12H14ClN5O3. The highest BCUT2D eigenvalue weighted by molar-refractivity contribution is 6.34. The van der Waals surface area contributed by atoms with Crippen LogP contribution in [0.2, 0.25) is 5.02 Å². The second kappa shape index (κ2) is 6.88. The molecule has 0 aromatic heterocycles. The number of nitrogens with one attached hydrogen (secondary N) is 1. The summed E-state index contributed by atoms with van der Waals surface area (Å²) in [4.78, 5) is 23.9. The van der Waals surface area contributed by atoms with E-state index in [2.05, 4.69) is 5.43 Å². The molecule has 0 spiro atoms. The van der Waals surface area contributed by atoms with Crippen molar-refractivity contribution in [3.8, 4) is 6.07 Å². The number of carbonyl (C=O) groups is 1. The van der Waals surface area contributed by atoms with E-state index in [0.717, 1.165) is 6.07 Å². The Morgan fingerprint density at radius 2 is 2.29 bits per heavy atom. The molecule has 1 amide bonds. The van der Waals surface area contributed by atoms with Gasteiger partial charge in [-0.1, -0.05) is 11.6 Å². The molecule has 3 N–H and O–H groups in total. The predicted octanol–water partition coefficient (Wildman–Crippen LogP) is 1.91. The van der Waals surface area contributed by atoms with Gasteiger partial charge < -0.3 is 10.3 Å². The number of nitro groups is 1. The Morgan fingerprint density at radius 1 is 1.67 bits per heavy atom. The zero-order chi connectivity index (χ0) is 16.2. The fourth-order valence-electron chi connectivity index (χ4n) is 1.68. The summed E-state index contributed by atoms with van der Waals surface area (Å²) in [6, 6.07) is 4.02. The van der Waals surface area contributed by atoms with E-state index in [0.29, 0.717) is 0 Å². The first-order chi connectivity index (χ1) is 9.83. The lowest BCUT2D eigenvalue weighted by Crippen LogP contribution is -2.34. The Balaban J connectivity index is 3.23. The lowest BCUT2D eigenvalue weighted by Gasteiger charge is -2.23. The molecule has 21 heavy (non-hydrogen) atoms. The molecule has 8 nitrogen and oxygen atoms in total. The summed E-state index contributed by atoms with van der Waals surface area (Å²) >= 11 is 5.90. The van der Waals surface area contributed by atoms with Gasteiger partial charge in [0, 0.05) is 24.7 Å². The minimum atomic E-state index is -0.684. The predicted molar refractivity (Wildman–Crippen MR) is 77.7 cm³/mol. The number of nitriles is 1. The maximum absolute atomic E-state index is 12.3. The summed E-state index contributed by atoms with van der Waals surface area (Å²) in [5, 5.41) is 19.6. The first-order valence-electron chi connectivity index (χ1n) is 5.92. The van der Waals surface area contributed by atoms with Gasteiger partial charge in [-0.2, -0.15) is 5.26 Å². The third-order valence-electron chi connectivity index (χ3n) is 3.03. The van der Waals surface area contributed by atoms with Gasteiger partial charge in [-0.05, 0) is 13.0 Å². The third-order valence-corrected chi connectivity index (χ3v) is 3.32. The van der Waals surface area contributed by atoms with E-state index in [1.807, 2.05) is 6.07 Å². The van der Waals surface area contributed by atoms with Crippen LogP contribution in [0.5, 0.6) is 0 Å². The van der Waals surface area contributed by atoms with Gasteiger partial charge in [0.25, 0.3) is 11.6 Å². The van der Waals surface area contributed by atoms with Gasteiger partial charge in [0.15, 0.2) is 0 Å². The Kier molecular flexibility index (Phi) is 5.46. The number of nitrogen functional groups attached to an aromatic ring is 1. The van der Waals surface area contributed by atoms with Crippen molar-refractivity contribution >= 4 is 28.9 Å². The van der Waals surface area contributed by atoms with Crippen LogP contribution in [0.4, 0.5) is 11.4 Å². The van der Waals surface area contributed by atoms with Crippen molar-refractivity contribution in [3.63, 3.8) is 0 Å². The van der Waals surface area contributed by atoms with Crippen LogP contribution in [-0.2, 0) is 0 Å². The van der Waals surface area contributed by atoms with Crippen LogP contribution in [0.1, 0.15) is 23.7 Å². The quantitative estimate of drug-likeness (QED) is 0.486. The van der Waals surface area contributed by atoms with Gasteiger partial charge in [0.1, 0.15) is 5.69 Å².